The van der Waals surface area contributed by atoms with Crippen LogP contribution in [0.3, 0.4) is 0 Å². The van der Waals surface area contributed by atoms with Crippen LogP contribution < -0.4 is 15.8 Å². The van der Waals surface area contributed by atoms with E-state index in [0.29, 0.717) is 11.1 Å². The molecule has 0 saturated carbocycles. The van der Waals surface area contributed by atoms with Gasteiger partial charge in [0.25, 0.3) is 17.7 Å². The lowest BCUT2D eigenvalue weighted by molar-refractivity contribution is -0.141. The molecule has 2 aliphatic heterocycles. The van der Waals surface area contributed by atoms with Crippen molar-refractivity contribution in [2.75, 3.05) is 39.0 Å². The van der Waals surface area contributed by atoms with Gasteiger partial charge >= 0.3 is 0 Å². The topological polar surface area (TPSA) is 118 Å². The van der Waals surface area contributed by atoms with Crippen molar-refractivity contribution in [3.8, 4) is 17.0 Å². The summed E-state index contributed by atoms with van der Waals surface area (Å²) in [6.45, 7) is 2.03. The lowest BCUT2D eigenvalue weighted by atomic mass is 10.0. The second-order valence-electron chi connectivity index (χ2n) is 11.4. The zero-order chi connectivity index (χ0) is 31.3. The molecule has 43 heavy (non-hydrogen) atoms. The van der Waals surface area contributed by atoms with E-state index in [1.165, 1.54) is 24.0 Å². The van der Waals surface area contributed by atoms with Crippen molar-refractivity contribution >= 4 is 23.1 Å². The van der Waals surface area contributed by atoms with Crippen LogP contribution in [0.1, 0.15) is 42.6 Å². The highest BCUT2D eigenvalue weighted by atomic mass is 19.3. The number of ether oxygens (including phenoxy) is 1. The molecule has 232 valence electrons. The number of methoxy groups -OCH3 is 1. The summed E-state index contributed by atoms with van der Waals surface area (Å²) in [5, 5.41) is 6.74. The zero-order valence-corrected chi connectivity index (χ0v) is 23.8. The second-order valence-corrected chi connectivity index (χ2v) is 11.4. The van der Waals surface area contributed by atoms with Gasteiger partial charge in [0.15, 0.2) is 11.5 Å². The summed E-state index contributed by atoms with van der Waals surface area (Å²) in [4.78, 5) is 32.5. The zero-order valence-electron chi connectivity index (χ0n) is 23.8. The average Bonchev–Trinajstić information content (AvgIpc) is 3.49. The predicted molar refractivity (Wildman–Crippen MR) is 147 cm³/mol. The van der Waals surface area contributed by atoms with Gasteiger partial charge in [0, 0.05) is 50.7 Å². The molecule has 15 heteroatoms. The predicted octanol–water partition coefficient (Wildman–Crippen LogP) is 3.38. The molecule has 3 N–H and O–H groups in total. The van der Waals surface area contributed by atoms with Crippen molar-refractivity contribution in [2.45, 2.75) is 57.0 Å². The standard InChI is InChI=1S/C28H32F5N7O3/c1-27(2,31)26(42)39-12-19(30)20(13-39)37-25(41)17-9-16(18(29)10-22(17)43-3)21-8-15(23-24(34)35-14-36-40(21)23)11-38-6-4-28(32,33)5-7-38/h8-10,14,19-20H,4-7,11-13H2,1-3H3,(H,37,41)(H2,34,35,36)/t19-,20+/m0/s1. The Morgan fingerprint density at radius 2 is 1.88 bits per heavy atom. The smallest absolute Gasteiger partial charge is 0.259 e. The lowest BCUT2D eigenvalue weighted by Crippen LogP contribution is -2.44. The van der Waals surface area contributed by atoms with Gasteiger partial charge in [0.1, 0.15) is 29.6 Å². The number of rotatable bonds is 7. The van der Waals surface area contributed by atoms with E-state index in [9.17, 15) is 27.2 Å². The molecule has 0 bridgehead atoms. The third-order valence-corrected chi connectivity index (χ3v) is 7.81. The van der Waals surface area contributed by atoms with Crippen LogP contribution in [0.4, 0.5) is 27.8 Å². The Morgan fingerprint density at radius 3 is 2.53 bits per heavy atom. The number of likely N-dealkylation sites (tertiary alicyclic amines) is 2. The van der Waals surface area contributed by atoms with Crippen LogP contribution >= 0.6 is 0 Å². The van der Waals surface area contributed by atoms with E-state index in [4.69, 9.17) is 10.5 Å². The third-order valence-electron chi connectivity index (χ3n) is 7.81. The number of alkyl halides is 4. The van der Waals surface area contributed by atoms with Gasteiger partial charge in [0.05, 0.1) is 31.0 Å². The minimum absolute atomic E-state index is 0.0605. The number of anilines is 1. The number of amides is 2. The van der Waals surface area contributed by atoms with Crippen LogP contribution in [-0.2, 0) is 11.3 Å². The van der Waals surface area contributed by atoms with Crippen molar-refractivity contribution in [1.29, 1.82) is 0 Å². The van der Waals surface area contributed by atoms with Crippen LogP contribution in [0.2, 0.25) is 0 Å². The second kappa shape index (κ2) is 11.2. The van der Waals surface area contributed by atoms with Crippen LogP contribution in [-0.4, -0.2) is 93.3 Å². The summed E-state index contributed by atoms with van der Waals surface area (Å²) in [5.74, 6) is -5.23. The Hall–Kier alpha value is -4.01. The molecule has 3 aromatic rings. The van der Waals surface area contributed by atoms with Crippen molar-refractivity contribution in [3.63, 3.8) is 0 Å². The molecule has 1 aromatic carbocycles. The van der Waals surface area contributed by atoms with Gasteiger partial charge in [-0.3, -0.25) is 14.5 Å². The summed E-state index contributed by atoms with van der Waals surface area (Å²) >= 11 is 0. The van der Waals surface area contributed by atoms with E-state index in [1.807, 2.05) is 4.90 Å². The fourth-order valence-electron chi connectivity index (χ4n) is 5.52. The van der Waals surface area contributed by atoms with E-state index in [0.717, 1.165) is 24.8 Å². The molecule has 0 unspecified atom stereocenters. The maximum absolute atomic E-state index is 15.5. The number of carbonyl (C=O) groups is 2. The quantitative estimate of drug-likeness (QED) is 0.395. The van der Waals surface area contributed by atoms with Gasteiger partial charge in [-0.15, -0.1) is 0 Å². The largest absolute Gasteiger partial charge is 0.496 e. The minimum Gasteiger partial charge on any atom is -0.496 e. The van der Waals surface area contributed by atoms with Gasteiger partial charge in [-0.1, -0.05) is 0 Å². The minimum atomic E-state index is -2.73. The first kappa shape index (κ1) is 30.4. The summed E-state index contributed by atoms with van der Waals surface area (Å²) in [6, 6.07) is 2.70. The summed E-state index contributed by atoms with van der Waals surface area (Å²) < 4.78 is 78.5. The monoisotopic (exact) mass is 609 g/mol. The molecule has 4 heterocycles. The van der Waals surface area contributed by atoms with Gasteiger partial charge in [0.2, 0.25) is 0 Å². The highest BCUT2D eigenvalue weighted by Gasteiger charge is 2.42. The van der Waals surface area contributed by atoms with Gasteiger partial charge in [-0.05, 0) is 31.5 Å². The molecule has 5 rings (SSSR count). The fourth-order valence-corrected chi connectivity index (χ4v) is 5.52. The first-order chi connectivity index (χ1) is 20.2. The number of halogens is 5. The number of nitrogens with zero attached hydrogens (tertiary/aromatic N) is 5. The number of nitrogen functional groups attached to an aromatic ring is 1. The number of carbonyl (C=O) groups excluding carboxylic acids is 2. The van der Waals surface area contributed by atoms with E-state index >= 15 is 4.39 Å². The first-order valence-electron chi connectivity index (χ1n) is 13.7. The molecule has 2 atom stereocenters. The number of nitrogens with one attached hydrogen (secondary N) is 1. The Labute approximate surface area is 244 Å². The van der Waals surface area contributed by atoms with E-state index in [2.05, 4.69) is 15.4 Å². The number of aromatic nitrogens is 3. The van der Waals surface area contributed by atoms with Crippen molar-refractivity contribution in [3.05, 3.63) is 41.5 Å². The van der Waals surface area contributed by atoms with E-state index in [-0.39, 0.29) is 67.4 Å². The van der Waals surface area contributed by atoms with E-state index < -0.39 is 48.0 Å². The maximum atomic E-state index is 15.5. The molecule has 2 fully saturated rings. The third kappa shape index (κ3) is 6.08. The molecule has 10 nitrogen and oxygen atoms in total. The number of benzene rings is 1. The van der Waals surface area contributed by atoms with Crippen LogP contribution in [0.15, 0.2) is 24.5 Å². The molecule has 2 aliphatic rings. The highest BCUT2D eigenvalue weighted by molar-refractivity contribution is 5.99. The number of hydrogen-bond acceptors (Lipinski definition) is 7. The molecule has 2 aromatic heterocycles. The highest BCUT2D eigenvalue weighted by Crippen LogP contribution is 2.35. The number of fused-ring (bicyclic) bond motifs is 1. The fraction of sp³-hybridized carbons (Fsp3) is 0.500. The van der Waals surface area contributed by atoms with Crippen LogP contribution in [0.5, 0.6) is 5.75 Å². The van der Waals surface area contributed by atoms with Crippen molar-refractivity contribution < 1.29 is 36.3 Å². The summed E-state index contributed by atoms with van der Waals surface area (Å²) in [6.07, 6.45) is -1.06. The summed E-state index contributed by atoms with van der Waals surface area (Å²) in [5.41, 5.74) is 4.90. The molecular formula is C28H32F5N7O3. The number of piperidine rings is 1. The van der Waals surface area contributed by atoms with Crippen molar-refractivity contribution in [2.24, 2.45) is 0 Å². The van der Waals surface area contributed by atoms with Crippen LogP contribution in [0, 0.1) is 5.82 Å². The summed E-state index contributed by atoms with van der Waals surface area (Å²) in [7, 11) is 1.24. The molecule has 0 aliphatic carbocycles. The normalized spacial score (nSPS) is 20.9. The molecular weight excluding hydrogens is 577 g/mol. The van der Waals surface area contributed by atoms with Gasteiger partial charge < -0.3 is 20.7 Å². The Balaban J connectivity index is 1.46. The number of nitrogens with two attached hydrogens (primary N) is 1. The maximum Gasteiger partial charge on any atom is 0.259 e. The molecule has 2 amide bonds. The van der Waals surface area contributed by atoms with Crippen molar-refractivity contribution in [1.82, 2.24) is 29.7 Å². The molecule has 0 radical (unpaired) electrons. The SMILES string of the molecule is COc1cc(F)c(-c2cc(CN3CCC(F)(F)CC3)c3c(N)ncnn23)cc1C(=O)N[C@@H]1CN(C(=O)C(C)(C)F)C[C@@H]1F. The first-order valence-corrected chi connectivity index (χ1v) is 13.7. The van der Waals surface area contributed by atoms with Gasteiger partial charge in [-0.2, -0.15) is 5.10 Å². The van der Waals surface area contributed by atoms with Crippen LogP contribution in [0.25, 0.3) is 16.8 Å². The average molecular weight is 610 g/mol. The Kier molecular flexibility index (Phi) is 7.96. The number of hydrogen-bond donors (Lipinski definition) is 2. The Morgan fingerprint density at radius 1 is 1.19 bits per heavy atom. The van der Waals surface area contributed by atoms with Gasteiger partial charge in [-0.25, -0.2) is 31.5 Å². The molecule has 2 saturated heterocycles. The lowest BCUT2D eigenvalue weighted by Gasteiger charge is -2.31. The molecule has 0 spiro atoms. The Bertz CT molecular complexity index is 1550. The van der Waals surface area contributed by atoms with E-state index in [1.54, 1.807) is 6.07 Å².